The van der Waals surface area contributed by atoms with Crippen LogP contribution in [-0.2, 0) is 35.2 Å². The lowest BCUT2D eigenvalue weighted by atomic mass is 10.1. The Morgan fingerprint density at radius 3 is 1.97 bits per heavy atom. The van der Waals surface area contributed by atoms with Gasteiger partial charge in [0.25, 0.3) is 0 Å². The molecule has 0 spiro atoms. The topological polar surface area (TPSA) is 265 Å². The van der Waals surface area contributed by atoms with Gasteiger partial charge in [-0.15, -0.1) is 0 Å². The molecule has 1 aromatic rings. The SMILES string of the molecule is NC(=O)CC(N)C(=O)NC(CS)C(=O)NC(Cc1cnc[nH]1)C(=O)NC(CC(N)=O)C(=O)O. The molecule has 4 unspecified atom stereocenters. The Balaban J connectivity index is 2.96. The van der Waals surface area contributed by atoms with Crippen LogP contribution < -0.4 is 33.2 Å². The van der Waals surface area contributed by atoms with Crippen molar-refractivity contribution in [3.63, 3.8) is 0 Å². The summed E-state index contributed by atoms with van der Waals surface area (Å²) in [5, 5.41) is 16.0. The van der Waals surface area contributed by atoms with Crippen LogP contribution in [0.2, 0.25) is 0 Å². The first-order chi connectivity index (χ1) is 15.4. The molecule has 1 rings (SSSR count). The number of primary amides is 2. The van der Waals surface area contributed by atoms with Crippen LogP contribution in [-0.4, -0.2) is 80.5 Å². The van der Waals surface area contributed by atoms with Gasteiger partial charge >= 0.3 is 5.97 Å². The Morgan fingerprint density at radius 1 is 0.939 bits per heavy atom. The quantitative estimate of drug-likeness (QED) is 0.114. The number of hydrogen-bond acceptors (Lipinski definition) is 9. The van der Waals surface area contributed by atoms with Crippen molar-refractivity contribution in [1.82, 2.24) is 25.9 Å². The summed E-state index contributed by atoms with van der Waals surface area (Å²) in [6.45, 7) is 0. The molecule has 0 radical (unpaired) electrons. The molecular formula is C17H26N8O7S. The molecule has 16 heteroatoms. The third kappa shape index (κ3) is 9.56. The normalized spacial score (nSPS) is 14.2. The first kappa shape index (κ1) is 27.4. The second-order valence-corrected chi connectivity index (χ2v) is 7.30. The number of aromatic amines is 1. The number of thiol groups is 1. The summed E-state index contributed by atoms with van der Waals surface area (Å²) in [4.78, 5) is 77.4. The molecule has 0 bridgehead atoms. The van der Waals surface area contributed by atoms with Gasteiger partial charge < -0.3 is 43.2 Å². The molecule has 33 heavy (non-hydrogen) atoms. The largest absolute Gasteiger partial charge is 0.480 e. The van der Waals surface area contributed by atoms with Crippen molar-refractivity contribution < 1.29 is 33.9 Å². The smallest absolute Gasteiger partial charge is 0.326 e. The number of nitrogens with two attached hydrogens (primary N) is 3. The number of carboxylic acid groups (broad SMARTS) is 1. The molecule has 15 nitrogen and oxygen atoms in total. The van der Waals surface area contributed by atoms with Gasteiger partial charge in [0.15, 0.2) is 0 Å². The second-order valence-electron chi connectivity index (χ2n) is 6.93. The van der Waals surface area contributed by atoms with E-state index in [4.69, 9.17) is 17.2 Å². The summed E-state index contributed by atoms with van der Waals surface area (Å²) in [5.74, 6) is -6.08. The van der Waals surface area contributed by atoms with Crippen LogP contribution in [0, 0.1) is 0 Å². The van der Waals surface area contributed by atoms with Gasteiger partial charge in [0, 0.05) is 24.1 Å². The molecule has 0 aliphatic heterocycles. The van der Waals surface area contributed by atoms with E-state index >= 15 is 0 Å². The highest BCUT2D eigenvalue weighted by molar-refractivity contribution is 7.80. The predicted octanol–water partition coefficient (Wildman–Crippen LogP) is -4.50. The lowest BCUT2D eigenvalue weighted by molar-refractivity contribution is -0.143. The molecule has 1 heterocycles. The number of aromatic nitrogens is 2. The van der Waals surface area contributed by atoms with Gasteiger partial charge in [-0.3, -0.25) is 24.0 Å². The minimum absolute atomic E-state index is 0.130. The van der Waals surface area contributed by atoms with Crippen molar-refractivity contribution in [3.05, 3.63) is 18.2 Å². The average molecular weight is 487 g/mol. The zero-order valence-corrected chi connectivity index (χ0v) is 18.2. The molecular weight excluding hydrogens is 460 g/mol. The number of rotatable bonds is 14. The highest BCUT2D eigenvalue weighted by atomic mass is 32.1. The summed E-state index contributed by atoms with van der Waals surface area (Å²) in [6, 6.07) is -5.50. The van der Waals surface area contributed by atoms with E-state index in [0.29, 0.717) is 5.69 Å². The van der Waals surface area contributed by atoms with E-state index in [2.05, 4.69) is 38.5 Å². The summed E-state index contributed by atoms with van der Waals surface area (Å²) < 4.78 is 0. The zero-order chi connectivity index (χ0) is 25.1. The number of carbonyl (C=O) groups excluding carboxylic acids is 5. The minimum atomic E-state index is -1.62. The first-order valence-electron chi connectivity index (χ1n) is 9.48. The van der Waals surface area contributed by atoms with E-state index in [0.717, 1.165) is 0 Å². The number of aliphatic carboxylic acids is 1. The first-order valence-corrected chi connectivity index (χ1v) is 10.1. The van der Waals surface area contributed by atoms with Gasteiger partial charge in [0.1, 0.15) is 18.1 Å². The van der Waals surface area contributed by atoms with Crippen LogP contribution >= 0.6 is 12.6 Å². The monoisotopic (exact) mass is 486 g/mol. The lowest BCUT2D eigenvalue weighted by Crippen LogP contribution is -2.58. The molecule has 0 saturated heterocycles. The molecule has 11 N–H and O–H groups in total. The predicted molar refractivity (Wildman–Crippen MR) is 115 cm³/mol. The van der Waals surface area contributed by atoms with Crippen LogP contribution in [0.15, 0.2) is 12.5 Å². The van der Waals surface area contributed by atoms with Crippen molar-refractivity contribution >= 4 is 48.1 Å². The number of amides is 5. The third-order valence-corrected chi connectivity index (χ3v) is 4.57. The van der Waals surface area contributed by atoms with E-state index in [1.54, 1.807) is 0 Å². The number of hydrogen-bond donors (Lipinski definition) is 9. The number of carbonyl (C=O) groups is 6. The zero-order valence-electron chi connectivity index (χ0n) is 17.3. The van der Waals surface area contributed by atoms with E-state index < -0.39 is 72.5 Å². The van der Waals surface area contributed by atoms with Gasteiger partial charge in [-0.1, -0.05) is 0 Å². The molecule has 5 amide bonds. The van der Waals surface area contributed by atoms with Crippen LogP contribution in [0.4, 0.5) is 0 Å². The van der Waals surface area contributed by atoms with Crippen LogP contribution in [0.5, 0.6) is 0 Å². The Bertz CT molecular complexity index is 879. The molecule has 4 atom stereocenters. The third-order valence-electron chi connectivity index (χ3n) is 4.21. The lowest BCUT2D eigenvalue weighted by Gasteiger charge is -2.24. The van der Waals surface area contributed by atoms with Crippen molar-refractivity contribution in [3.8, 4) is 0 Å². The highest BCUT2D eigenvalue weighted by Crippen LogP contribution is 2.03. The summed E-state index contributed by atoms with van der Waals surface area (Å²) in [7, 11) is 0. The van der Waals surface area contributed by atoms with Gasteiger partial charge in [0.05, 0.1) is 25.2 Å². The van der Waals surface area contributed by atoms with Crippen molar-refractivity contribution in [2.45, 2.75) is 43.4 Å². The van der Waals surface area contributed by atoms with Gasteiger partial charge in [-0.2, -0.15) is 12.6 Å². The Hall–Kier alpha value is -3.66. The molecule has 0 saturated carbocycles. The fourth-order valence-electron chi connectivity index (χ4n) is 2.55. The van der Waals surface area contributed by atoms with Crippen LogP contribution in [0.3, 0.4) is 0 Å². The number of H-pyrrole nitrogens is 1. The summed E-state index contributed by atoms with van der Waals surface area (Å²) in [5.41, 5.74) is 16.0. The van der Waals surface area contributed by atoms with Crippen molar-refractivity contribution in [1.29, 1.82) is 0 Å². The molecule has 0 fully saturated rings. The number of nitrogens with one attached hydrogen (secondary N) is 4. The number of imidazole rings is 1. The number of nitrogens with zero attached hydrogens (tertiary/aromatic N) is 1. The fraction of sp³-hybridized carbons (Fsp3) is 0.471. The summed E-state index contributed by atoms with van der Waals surface area (Å²) >= 11 is 4.00. The van der Waals surface area contributed by atoms with Gasteiger partial charge in [-0.25, -0.2) is 9.78 Å². The number of carboxylic acids is 1. The van der Waals surface area contributed by atoms with Crippen LogP contribution in [0.25, 0.3) is 0 Å². The second kappa shape index (κ2) is 13.0. The Morgan fingerprint density at radius 2 is 1.48 bits per heavy atom. The van der Waals surface area contributed by atoms with Gasteiger partial charge in [0.2, 0.25) is 29.5 Å². The molecule has 182 valence electrons. The summed E-state index contributed by atoms with van der Waals surface area (Å²) in [6.07, 6.45) is 1.46. The Kier molecular flexibility index (Phi) is 10.8. The van der Waals surface area contributed by atoms with Gasteiger partial charge in [-0.05, 0) is 0 Å². The molecule has 0 aromatic carbocycles. The maximum absolute atomic E-state index is 12.7. The maximum Gasteiger partial charge on any atom is 0.326 e. The van der Waals surface area contributed by atoms with E-state index in [1.807, 2.05) is 0 Å². The van der Waals surface area contributed by atoms with Crippen LogP contribution in [0.1, 0.15) is 18.5 Å². The molecule has 0 aliphatic rings. The standard InChI is InChI=1S/C17H26N8O7S/c18-8(2-12(19)26)14(28)25-11(5-33)16(30)23-9(1-7-4-21-6-22-7)15(29)24-10(17(31)32)3-13(20)27/h4,6,8-11,33H,1-3,5,18H2,(H2,19,26)(H2,20,27)(H,21,22)(H,23,30)(H,24,29)(H,25,28)(H,31,32). The van der Waals surface area contributed by atoms with E-state index in [-0.39, 0.29) is 12.2 Å². The molecule has 1 aromatic heterocycles. The fourth-order valence-corrected chi connectivity index (χ4v) is 2.81. The maximum atomic E-state index is 12.7. The molecule has 0 aliphatic carbocycles. The Labute approximate surface area is 193 Å². The average Bonchev–Trinajstić information content (AvgIpc) is 3.22. The van der Waals surface area contributed by atoms with E-state index in [1.165, 1.54) is 12.5 Å². The minimum Gasteiger partial charge on any atom is -0.480 e. The van der Waals surface area contributed by atoms with Crippen molar-refractivity contribution in [2.24, 2.45) is 17.2 Å². The van der Waals surface area contributed by atoms with E-state index in [9.17, 15) is 33.9 Å². The highest BCUT2D eigenvalue weighted by Gasteiger charge is 2.31. The van der Waals surface area contributed by atoms with Crippen molar-refractivity contribution in [2.75, 3.05) is 5.75 Å².